The first-order valence-electron chi connectivity index (χ1n) is 7.70. The zero-order valence-electron chi connectivity index (χ0n) is 13.0. The van der Waals surface area contributed by atoms with Crippen LogP contribution < -0.4 is 5.32 Å². The molecule has 1 unspecified atom stereocenters. The molecule has 0 radical (unpaired) electrons. The quantitative estimate of drug-likeness (QED) is 0.913. The molecule has 3 rings (SSSR count). The minimum atomic E-state index is -0.292. The first-order chi connectivity index (χ1) is 11.1. The van der Waals surface area contributed by atoms with Crippen LogP contribution in [0.25, 0.3) is 0 Å². The van der Waals surface area contributed by atoms with Gasteiger partial charge in [-0.3, -0.25) is 20.0 Å². The van der Waals surface area contributed by atoms with Gasteiger partial charge in [-0.15, -0.1) is 11.3 Å². The van der Waals surface area contributed by atoms with E-state index in [2.05, 4.69) is 27.1 Å². The minimum absolute atomic E-state index is 0.291. The summed E-state index contributed by atoms with van der Waals surface area (Å²) in [6.07, 6.45) is 4.07. The topological polar surface area (TPSA) is 58.1 Å². The molecule has 23 heavy (non-hydrogen) atoms. The van der Waals surface area contributed by atoms with E-state index in [1.54, 1.807) is 12.1 Å². The van der Waals surface area contributed by atoms with Crippen LogP contribution in [0.5, 0.6) is 0 Å². The molecular weight excluding hydrogens is 332 g/mol. The second kappa shape index (κ2) is 7.38. The lowest BCUT2D eigenvalue weighted by atomic mass is 10.0. The molecule has 1 saturated heterocycles. The zero-order valence-corrected chi connectivity index (χ0v) is 14.5. The lowest BCUT2D eigenvalue weighted by Gasteiger charge is -2.30. The van der Waals surface area contributed by atoms with E-state index >= 15 is 0 Å². The molecule has 1 aliphatic rings. The number of aromatic nitrogens is 2. The number of hydrogen-bond acceptors (Lipinski definition) is 5. The van der Waals surface area contributed by atoms with Gasteiger partial charge in [0.25, 0.3) is 5.91 Å². The maximum atomic E-state index is 12.1. The number of nitrogens with zero attached hydrogens (tertiary/aromatic N) is 3. The number of rotatable bonds is 4. The van der Waals surface area contributed by atoms with E-state index in [4.69, 9.17) is 11.6 Å². The van der Waals surface area contributed by atoms with Crippen molar-refractivity contribution in [3.63, 3.8) is 0 Å². The van der Waals surface area contributed by atoms with Crippen molar-refractivity contribution in [2.45, 2.75) is 26.3 Å². The Kier molecular flexibility index (Phi) is 5.25. The smallest absolute Gasteiger partial charge is 0.276 e. The first-order valence-corrected chi connectivity index (χ1v) is 8.95. The molecule has 1 aliphatic heterocycles. The van der Waals surface area contributed by atoms with Gasteiger partial charge < -0.3 is 0 Å². The van der Waals surface area contributed by atoms with Gasteiger partial charge in [0.2, 0.25) is 0 Å². The molecule has 0 bridgehead atoms. The number of thiazole rings is 1. The Labute approximate surface area is 144 Å². The third kappa shape index (κ3) is 4.50. The molecule has 0 aromatic carbocycles. The van der Waals surface area contributed by atoms with Crippen molar-refractivity contribution in [3.05, 3.63) is 40.1 Å². The van der Waals surface area contributed by atoms with Crippen LogP contribution in [0.15, 0.2) is 23.7 Å². The molecule has 0 aliphatic carbocycles. The second-order valence-electron chi connectivity index (χ2n) is 5.94. The Morgan fingerprint density at radius 3 is 3.22 bits per heavy atom. The van der Waals surface area contributed by atoms with Crippen LogP contribution in [-0.4, -0.2) is 33.9 Å². The van der Waals surface area contributed by atoms with Gasteiger partial charge in [-0.05, 0) is 37.4 Å². The molecular formula is C16H19ClN4OS. The number of likely N-dealkylation sites (tertiary alicyclic amines) is 1. The second-order valence-corrected chi connectivity index (χ2v) is 7.23. The van der Waals surface area contributed by atoms with E-state index < -0.39 is 0 Å². The summed E-state index contributed by atoms with van der Waals surface area (Å²) in [5.74, 6) is 0.454. The van der Waals surface area contributed by atoms with Gasteiger partial charge >= 0.3 is 0 Å². The molecule has 1 fully saturated rings. The third-order valence-corrected chi connectivity index (χ3v) is 4.90. The summed E-state index contributed by atoms with van der Waals surface area (Å²) in [6, 6.07) is 3.18. The average molecular weight is 351 g/mol. The molecule has 3 heterocycles. The minimum Gasteiger partial charge on any atom is -0.297 e. The van der Waals surface area contributed by atoms with Gasteiger partial charge in [-0.1, -0.05) is 18.5 Å². The number of carbonyl (C=O) groups excluding carboxylic acids is 1. The summed E-state index contributed by atoms with van der Waals surface area (Å²) in [4.78, 5) is 23.1. The van der Waals surface area contributed by atoms with Crippen LogP contribution in [-0.2, 0) is 6.54 Å². The van der Waals surface area contributed by atoms with Crippen LogP contribution in [0.2, 0.25) is 5.02 Å². The molecule has 0 saturated carbocycles. The number of nitrogens with one attached hydrogen (secondary N) is 1. The molecule has 122 valence electrons. The number of anilines is 1. The van der Waals surface area contributed by atoms with Crippen LogP contribution >= 0.6 is 22.9 Å². The molecule has 1 N–H and O–H groups in total. The molecule has 1 atom stereocenters. The van der Waals surface area contributed by atoms with Gasteiger partial charge in [0.15, 0.2) is 5.13 Å². The van der Waals surface area contributed by atoms with Gasteiger partial charge in [0.05, 0.1) is 5.69 Å². The van der Waals surface area contributed by atoms with E-state index in [-0.39, 0.29) is 5.91 Å². The lowest BCUT2D eigenvalue weighted by molar-refractivity contribution is 0.102. The van der Waals surface area contributed by atoms with E-state index in [1.807, 2.05) is 5.38 Å². The van der Waals surface area contributed by atoms with Crippen molar-refractivity contribution in [2.75, 3.05) is 18.4 Å². The largest absolute Gasteiger partial charge is 0.297 e. The Hall–Kier alpha value is -1.50. The van der Waals surface area contributed by atoms with Crippen LogP contribution in [0.4, 0.5) is 5.13 Å². The third-order valence-electron chi connectivity index (χ3n) is 3.85. The molecule has 5 nitrogen and oxygen atoms in total. The fourth-order valence-corrected chi connectivity index (χ4v) is 3.64. The highest BCUT2D eigenvalue weighted by Gasteiger charge is 2.18. The molecule has 2 aromatic heterocycles. The number of piperidine rings is 1. The first kappa shape index (κ1) is 16.4. The fourth-order valence-electron chi connectivity index (χ4n) is 2.79. The van der Waals surface area contributed by atoms with E-state index in [0.717, 1.165) is 31.2 Å². The van der Waals surface area contributed by atoms with Gasteiger partial charge in [-0.2, -0.15) is 0 Å². The van der Waals surface area contributed by atoms with Crippen molar-refractivity contribution >= 4 is 34.0 Å². The molecule has 0 spiro atoms. The van der Waals surface area contributed by atoms with Gasteiger partial charge in [-0.25, -0.2) is 4.98 Å². The van der Waals surface area contributed by atoms with Gasteiger partial charge in [0.1, 0.15) is 5.69 Å². The molecule has 1 amide bonds. The number of amides is 1. The number of halogens is 1. The predicted molar refractivity (Wildman–Crippen MR) is 93.0 cm³/mol. The Bertz CT molecular complexity index is 690. The Morgan fingerprint density at radius 2 is 2.43 bits per heavy atom. The summed E-state index contributed by atoms with van der Waals surface area (Å²) in [5, 5.41) is 5.87. The Balaban J connectivity index is 1.59. The number of pyridine rings is 1. The van der Waals surface area contributed by atoms with Crippen LogP contribution in [0, 0.1) is 5.92 Å². The van der Waals surface area contributed by atoms with Crippen molar-refractivity contribution in [1.29, 1.82) is 0 Å². The monoisotopic (exact) mass is 350 g/mol. The van der Waals surface area contributed by atoms with E-state index in [1.165, 1.54) is 30.4 Å². The highest BCUT2D eigenvalue weighted by molar-refractivity contribution is 7.13. The summed E-state index contributed by atoms with van der Waals surface area (Å²) in [5.41, 5.74) is 1.29. The van der Waals surface area contributed by atoms with Crippen LogP contribution in [0.3, 0.4) is 0 Å². The summed E-state index contributed by atoms with van der Waals surface area (Å²) in [6.45, 7) is 5.37. The lowest BCUT2D eigenvalue weighted by Crippen LogP contribution is -2.33. The van der Waals surface area contributed by atoms with Crippen LogP contribution in [0.1, 0.15) is 35.9 Å². The Morgan fingerprint density at radius 1 is 1.57 bits per heavy atom. The summed E-state index contributed by atoms with van der Waals surface area (Å²) >= 11 is 7.31. The maximum Gasteiger partial charge on any atom is 0.276 e. The van der Waals surface area contributed by atoms with Crippen molar-refractivity contribution in [2.24, 2.45) is 5.92 Å². The van der Waals surface area contributed by atoms with Crippen molar-refractivity contribution < 1.29 is 4.79 Å². The maximum absolute atomic E-state index is 12.1. The fraction of sp³-hybridized carbons (Fsp3) is 0.438. The average Bonchev–Trinajstić information content (AvgIpc) is 2.94. The highest BCUT2D eigenvalue weighted by atomic mass is 35.5. The van der Waals surface area contributed by atoms with E-state index in [0.29, 0.717) is 15.8 Å². The highest BCUT2D eigenvalue weighted by Crippen LogP contribution is 2.21. The number of carbonyl (C=O) groups is 1. The SMILES string of the molecule is CC1CCCN(Cc2csc(NC(=O)c3cc(Cl)ccn3)n2)C1. The van der Waals surface area contributed by atoms with E-state index in [9.17, 15) is 4.79 Å². The summed E-state index contributed by atoms with van der Waals surface area (Å²) in [7, 11) is 0. The number of hydrogen-bond donors (Lipinski definition) is 1. The molecule has 7 heteroatoms. The van der Waals surface area contributed by atoms with Crippen molar-refractivity contribution in [3.8, 4) is 0 Å². The molecule has 2 aromatic rings. The van der Waals surface area contributed by atoms with Crippen molar-refractivity contribution in [1.82, 2.24) is 14.9 Å². The van der Waals surface area contributed by atoms with Gasteiger partial charge in [0, 0.05) is 29.7 Å². The summed E-state index contributed by atoms with van der Waals surface area (Å²) < 4.78 is 0. The standard InChI is InChI=1S/C16H19ClN4OS/c1-11-3-2-6-21(8-11)9-13-10-23-16(19-13)20-15(22)14-7-12(17)4-5-18-14/h4-5,7,10-11H,2-3,6,8-9H2,1H3,(H,19,20,22). The normalized spacial score (nSPS) is 18.8. The predicted octanol–water partition coefficient (Wildman–Crippen LogP) is 3.68. The zero-order chi connectivity index (χ0) is 16.2.